The van der Waals surface area contributed by atoms with Gasteiger partial charge in [-0.15, -0.1) is 0 Å². The first kappa shape index (κ1) is 24.1. The molecule has 34 heavy (non-hydrogen) atoms. The molecule has 2 atom stereocenters. The van der Waals surface area contributed by atoms with Gasteiger partial charge in [0.05, 0.1) is 48.3 Å². The molecule has 182 valence electrons. The van der Waals surface area contributed by atoms with Crippen LogP contribution in [0.15, 0.2) is 36.7 Å². The van der Waals surface area contributed by atoms with Gasteiger partial charge in [0.2, 0.25) is 0 Å². The van der Waals surface area contributed by atoms with E-state index in [9.17, 15) is 26.3 Å². The number of fused-ring (bicyclic) bond motifs is 1. The zero-order valence-corrected chi connectivity index (χ0v) is 18.2. The average molecular weight is 485 g/mol. The first-order chi connectivity index (χ1) is 15.9. The number of aromatic nitrogens is 3. The number of ether oxygens (including phenoxy) is 1. The summed E-state index contributed by atoms with van der Waals surface area (Å²) in [7, 11) is 0. The number of halogens is 6. The van der Waals surface area contributed by atoms with Crippen LogP contribution >= 0.6 is 0 Å². The molecule has 0 spiro atoms. The van der Waals surface area contributed by atoms with Crippen molar-refractivity contribution in [1.82, 2.24) is 19.9 Å². The third-order valence-electron chi connectivity index (χ3n) is 5.62. The van der Waals surface area contributed by atoms with Crippen LogP contribution in [-0.2, 0) is 23.6 Å². The van der Waals surface area contributed by atoms with E-state index in [1.165, 1.54) is 0 Å². The molecule has 1 aliphatic heterocycles. The lowest BCUT2D eigenvalue weighted by Gasteiger charge is -2.38. The zero-order chi connectivity index (χ0) is 24.7. The minimum atomic E-state index is -4.67. The topological polar surface area (TPSA) is 63.2 Å². The molecule has 1 saturated heterocycles. The summed E-state index contributed by atoms with van der Waals surface area (Å²) in [6.07, 6.45) is -7.27. The van der Waals surface area contributed by atoms with Gasteiger partial charge in [-0.25, -0.2) is 9.97 Å². The van der Waals surface area contributed by atoms with Crippen molar-refractivity contribution in [3.63, 3.8) is 0 Å². The van der Waals surface area contributed by atoms with Crippen molar-refractivity contribution in [3.05, 3.63) is 53.6 Å². The molecule has 2 unspecified atom stereocenters. The van der Waals surface area contributed by atoms with E-state index in [1.807, 2.05) is 18.7 Å². The average Bonchev–Trinajstić information content (AvgIpc) is 2.75. The quantitative estimate of drug-likeness (QED) is 0.499. The molecule has 0 radical (unpaired) electrons. The second-order valence-electron chi connectivity index (χ2n) is 8.17. The number of pyridine rings is 1. The molecule has 0 amide bonds. The lowest BCUT2D eigenvalue weighted by atomic mass is 10.1. The summed E-state index contributed by atoms with van der Waals surface area (Å²) in [5.41, 5.74) is -2.29. The van der Waals surface area contributed by atoms with Crippen LogP contribution in [0.4, 0.5) is 37.8 Å². The Morgan fingerprint density at radius 1 is 1.00 bits per heavy atom. The molecular weight excluding hydrogens is 464 g/mol. The molecule has 2 aromatic heterocycles. The molecule has 3 aromatic rings. The van der Waals surface area contributed by atoms with Gasteiger partial charge in [-0.3, -0.25) is 9.88 Å². The Morgan fingerprint density at radius 3 is 2.35 bits per heavy atom. The molecule has 0 saturated carbocycles. The Kier molecular flexibility index (Phi) is 6.38. The third kappa shape index (κ3) is 5.07. The molecule has 1 aromatic carbocycles. The number of hydrogen-bond donors (Lipinski definition) is 1. The van der Waals surface area contributed by atoms with Crippen LogP contribution in [0.3, 0.4) is 0 Å². The molecule has 1 aliphatic rings. The summed E-state index contributed by atoms with van der Waals surface area (Å²) in [6.45, 7) is 4.98. The van der Waals surface area contributed by atoms with Crippen molar-refractivity contribution >= 4 is 22.4 Å². The van der Waals surface area contributed by atoms with Gasteiger partial charge in [0.15, 0.2) is 0 Å². The summed E-state index contributed by atoms with van der Waals surface area (Å²) in [5, 5.41) is 2.77. The first-order valence-electron chi connectivity index (χ1n) is 10.4. The maximum absolute atomic E-state index is 13.5. The fraction of sp³-hybridized carbons (Fsp3) is 0.409. The Labute approximate surface area is 191 Å². The molecule has 1 fully saturated rings. The number of morpholine rings is 1. The van der Waals surface area contributed by atoms with Crippen molar-refractivity contribution in [2.75, 3.05) is 18.5 Å². The van der Waals surface area contributed by atoms with Crippen LogP contribution in [0.25, 0.3) is 10.9 Å². The van der Waals surface area contributed by atoms with Crippen molar-refractivity contribution in [2.24, 2.45) is 0 Å². The number of hydrogen-bond acceptors (Lipinski definition) is 6. The summed E-state index contributed by atoms with van der Waals surface area (Å²) in [6, 6.07) is 3.66. The van der Waals surface area contributed by atoms with Gasteiger partial charge in [-0.2, -0.15) is 26.3 Å². The predicted molar refractivity (Wildman–Crippen MR) is 112 cm³/mol. The van der Waals surface area contributed by atoms with E-state index in [1.54, 1.807) is 0 Å². The molecule has 12 heteroatoms. The van der Waals surface area contributed by atoms with Crippen LogP contribution in [0.2, 0.25) is 0 Å². The number of nitrogens with one attached hydrogen (secondary N) is 1. The Morgan fingerprint density at radius 2 is 1.71 bits per heavy atom. The molecule has 3 heterocycles. The van der Waals surface area contributed by atoms with Gasteiger partial charge in [-0.05, 0) is 38.1 Å². The van der Waals surface area contributed by atoms with Gasteiger partial charge in [0, 0.05) is 23.7 Å². The predicted octanol–water partition coefficient (Wildman–Crippen LogP) is 5.42. The zero-order valence-electron chi connectivity index (χ0n) is 18.2. The van der Waals surface area contributed by atoms with E-state index in [0.717, 1.165) is 36.7 Å². The number of rotatable bonds is 4. The van der Waals surface area contributed by atoms with Crippen LogP contribution in [0, 0.1) is 0 Å². The van der Waals surface area contributed by atoms with Crippen LogP contribution in [0.1, 0.15) is 30.8 Å². The van der Waals surface area contributed by atoms with E-state index in [-0.39, 0.29) is 46.9 Å². The van der Waals surface area contributed by atoms with Crippen molar-refractivity contribution < 1.29 is 31.1 Å². The second kappa shape index (κ2) is 8.99. The third-order valence-corrected chi connectivity index (χ3v) is 5.62. The molecule has 0 bridgehead atoms. The lowest BCUT2D eigenvalue weighted by molar-refractivity contribution is -0.138. The lowest BCUT2D eigenvalue weighted by Crippen LogP contribution is -2.49. The summed E-state index contributed by atoms with van der Waals surface area (Å²) >= 11 is 0. The van der Waals surface area contributed by atoms with E-state index in [4.69, 9.17) is 4.74 Å². The van der Waals surface area contributed by atoms with Crippen LogP contribution < -0.4 is 5.32 Å². The largest absolute Gasteiger partial charge is 0.418 e. The molecule has 0 aliphatic carbocycles. The Balaban J connectivity index is 1.81. The van der Waals surface area contributed by atoms with E-state index in [0.29, 0.717) is 13.2 Å². The first-order valence-corrected chi connectivity index (χ1v) is 10.4. The maximum atomic E-state index is 13.5. The number of alkyl halides is 6. The minimum absolute atomic E-state index is 0.00359. The number of nitrogens with zero attached hydrogens (tertiary/aromatic N) is 4. The van der Waals surface area contributed by atoms with E-state index >= 15 is 0 Å². The summed E-state index contributed by atoms with van der Waals surface area (Å²) < 4.78 is 85.9. The Hall–Kier alpha value is -2.99. The highest BCUT2D eigenvalue weighted by Crippen LogP contribution is 2.37. The highest BCUT2D eigenvalue weighted by molar-refractivity contribution is 5.91. The van der Waals surface area contributed by atoms with Crippen LogP contribution in [0.5, 0.6) is 0 Å². The summed E-state index contributed by atoms with van der Waals surface area (Å²) in [5.74, 6) is 0.133. The fourth-order valence-electron chi connectivity index (χ4n) is 3.90. The second-order valence-corrected chi connectivity index (χ2v) is 8.17. The SMILES string of the molecule is CC1COCC(C)N1Cc1nc(Nc2cnccc2C(F)(F)F)c2ccc(C(F)(F)F)cc2n1. The standard InChI is InChI=1S/C22H21F6N5O/c1-12-10-34-11-13(2)33(12)9-19-30-17-7-14(21(23,24)25)3-4-15(17)20(32-19)31-18-8-29-6-5-16(18)22(26,27)28/h3-8,12-13H,9-11H2,1-2H3,(H,30,31,32). The molecule has 4 rings (SSSR count). The van der Waals surface area contributed by atoms with Crippen molar-refractivity contribution in [2.45, 2.75) is 44.8 Å². The highest BCUT2D eigenvalue weighted by Gasteiger charge is 2.34. The van der Waals surface area contributed by atoms with E-state index in [2.05, 4.69) is 20.3 Å². The van der Waals surface area contributed by atoms with Gasteiger partial charge < -0.3 is 10.1 Å². The van der Waals surface area contributed by atoms with Gasteiger partial charge >= 0.3 is 12.4 Å². The van der Waals surface area contributed by atoms with Crippen LogP contribution in [-0.4, -0.2) is 45.1 Å². The van der Waals surface area contributed by atoms with E-state index < -0.39 is 23.5 Å². The normalized spacial score (nSPS) is 20.0. The smallest absolute Gasteiger partial charge is 0.378 e. The highest BCUT2D eigenvalue weighted by atomic mass is 19.4. The van der Waals surface area contributed by atoms with Gasteiger partial charge in [-0.1, -0.05) is 0 Å². The summed E-state index contributed by atoms with van der Waals surface area (Å²) in [4.78, 5) is 14.5. The molecular formula is C22H21F6N5O. The number of anilines is 2. The monoisotopic (exact) mass is 485 g/mol. The fourth-order valence-corrected chi connectivity index (χ4v) is 3.90. The molecule has 1 N–H and O–H groups in total. The van der Waals surface area contributed by atoms with Gasteiger partial charge in [0.25, 0.3) is 0 Å². The number of benzene rings is 1. The van der Waals surface area contributed by atoms with Crippen molar-refractivity contribution in [1.29, 1.82) is 0 Å². The molecule has 6 nitrogen and oxygen atoms in total. The minimum Gasteiger partial charge on any atom is -0.378 e. The van der Waals surface area contributed by atoms with Gasteiger partial charge in [0.1, 0.15) is 11.6 Å². The maximum Gasteiger partial charge on any atom is 0.418 e. The van der Waals surface area contributed by atoms with Crippen molar-refractivity contribution in [3.8, 4) is 0 Å². The Bertz CT molecular complexity index is 1170.